The highest BCUT2D eigenvalue weighted by atomic mass is 16.5. The van der Waals surface area contributed by atoms with Crippen molar-refractivity contribution in [1.29, 1.82) is 0 Å². The molecule has 0 spiro atoms. The largest absolute Gasteiger partial charge is 0.381 e. The molecule has 1 aliphatic heterocycles. The highest BCUT2D eigenvalue weighted by Gasteiger charge is 2.35. The number of carbonyl (C=O) groups excluding carboxylic acids is 1. The molecule has 1 atom stereocenters. The van der Waals surface area contributed by atoms with E-state index in [0.29, 0.717) is 18.7 Å². The molecule has 110 valence electrons. The summed E-state index contributed by atoms with van der Waals surface area (Å²) in [6, 6.07) is 0.541. The second-order valence-corrected chi connectivity index (χ2v) is 5.52. The zero-order valence-electron chi connectivity index (χ0n) is 12.2. The van der Waals surface area contributed by atoms with Gasteiger partial charge in [0.2, 0.25) is 5.91 Å². The van der Waals surface area contributed by atoms with Gasteiger partial charge in [-0.1, -0.05) is 0 Å². The molecule has 2 N–H and O–H groups in total. The van der Waals surface area contributed by atoms with E-state index in [1.807, 2.05) is 6.92 Å². The first-order valence-corrected chi connectivity index (χ1v) is 7.53. The van der Waals surface area contributed by atoms with Crippen molar-refractivity contribution < 1.29 is 9.53 Å². The predicted molar refractivity (Wildman–Crippen MR) is 75.1 cm³/mol. The normalized spacial score (nSPS) is 33.1. The van der Waals surface area contributed by atoms with E-state index in [0.717, 1.165) is 45.3 Å². The second-order valence-electron chi connectivity index (χ2n) is 5.52. The van der Waals surface area contributed by atoms with E-state index in [4.69, 9.17) is 4.74 Å². The number of ether oxygens (including phenoxy) is 1. The Hall–Kier alpha value is -0.650. The average Bonchev–Trinajstić information content (AvgIpc) is 2.47. The third kappa shape index (κ3) is 3.68. The van der Waals surface area contributed by atoms with Gasteiger partial charge in [0.1, 0.15) is 6.04 Å². The third-order valence-electron chi connectivity index (χ3n) is 4.38. The number of piperazine rings is 1. The van der Waals surface area contributed by atoms with Crippen LogP contribution in [0.3, 0.4) is 0 Å². The van der Waals surface area contributed by atoms with Crippen LogP contribution in [0.1, 0.15) is 32.6 Å². The van der Waals surface area contributed by atoms with E-state index >= 15 is 0 Å². The molecule has 0 bridgehead atoms. The molecule has 2 rings (SSSR count). The van der Waals surface area contributed by atoms with Gasteiger partial charge in [-0.3, -0.25) is 9.69 Å². The quantitative estimate of drug-likeness (QED) is 0.773. The van der Waals surface area contributed by atoms with E-state index in [-0.39, 0.29) is 11.9 Å². The SMILES string of the molecule is CCNC(=O)C1CNCCN1C1CCC(OC)CC1. The third-order valence-corrected chi connectivity index (χ3v) is 4.38. The first-order valence-electron chi connectivity index (χ1n) is 7.53. The summed E-state index contributed by atoms with van der Waals surface area (Å²) in [5.41, 5.74) is 0. The van der Waals surface area contributed by atoms with E-state index < -0.39 is 0 Å². The van der Waals surface area contributed by atoms with E-state index in [2.05, 4.69) is 15.5 Å². The van der Waals surface area contributed by atoms with Crippen LogP contribution in [0.25, 0.3) is 0 Å². The van der Waals surface area contributed by atoms with Gasteiger partial charge in [0.05, 0.1) is 6.10 Å². The number of methoxy groups -OCH3 is 1. The van der Waals surface area contributed by atoms with Crippen LogP contribution in [0, 0.1) is 0 Å². The Morgan fingerprint density at radius 2 is 2.11 bits per heavy atom. The summed E-state index contributed by atoms with van der Waals surface area (Å²) in [4.78, 5) is 14.6. The first kappa shape index (κ1) is 14.8. The first-order chi connectivity index (χ1) is 9.26. The summed E-state index contributed by atoms with van der Waals surface area (Å²) in [5.74, 6) is 0.170. The maximum absolute atomic E-state index is 12.2. The fourth-order valence-electron chi connectivity index (χ4n) is 3.31. The zero-order chi connectivity index (χ0) is 13.7. The van der Waals surface area contributed by atoms with Gasteiger partial charge in [0, 0.05) is 39.3 Å². The number of nitrogens with one attached hydrogen (secondary N) is 2. The molecule has 5 nitrogen and oxygen atoms in total. The van der Waals surface area contributed by atoms with Crippen molar-refractivity contribution in [3.8, 4) is 0 Å². The van der Waals surface area contributed by atoms with E-state index in [1.54, 1.807) is 7.11 Å². The number of nitrogens with zero attached hydrogens (tertiary/aromatic N) is 1. The fourth-order valence-corrected chi connectivity index (χ4v) is 3.31. The van der Waals surface area contributed by atoms with Crippen molar-refractivity contribution in [1.82, 2.24) is 15.5 Å². The summed E-state index contributed by atoms with van der Waals surface area (Å²) in [6.45, 7) is 5.42. The smallest absolute Gasteiger partial charge is 0.238 e. The number of hydrogen-bond acceptors (Lipinski definition) is 4. The van der Waals surface area contributed by atoms with Crippen LogP contribution >= 0.6 is 0 Å². The lowest BCUT2D eigenvalue weighted by molar-refractivity contribution is -0.128. The van der Waals surface area contributed by atoms with Crippen molar-refractivity contribution in [3.05, 3.63) is 0 Å². The van der Waals surface area contributed by atoms with E-state index in [9.17, 15) is 4.79 Å². The molecule has 1 saturated carbocycles. The minimum absolute atomic E-state index is 0.00204. The topological polar surface area (TPSA) is 53.6 Å². The lowest BCUT2D eigenvalue weighted by Gasteiger charge is -2.43. The average molecular weight is 269 g/mol. The summed E-state index contributed by atoms with van der Waals surface area (Å²) in [5, 5.41) is 6.29. The number of amides is 1. The van der Waals surface area contributed by atoms with Crippen molar-refractivity contribution in [2.75, 3.05) is 33.3 Å². The van der Waals surface area contributed by atoms with Crippen LogP contribution < -0.4 is 10.6 Å². The molecule has 0 aromatic carbocycles. The van der Waals surface area contributed by atoms with Gasteiger partial charge in [-0.25, -0.2) is 0 Å². The molecule has 1 saturated heterocycles. The molecule has 1 heterocycles. The number of likely N-dealkylation sites (N-methyl/N-ethyl adjacent to an activating group) is 1. The molecule has 1 amide bonds. The van der Waals surface area contributed by atoms with Crippen LogP contribution in [0.2, 0.25) is 0 Å². The number of rotatable bonds is 4. The highest BCUT2D eigenvalue weighted by Crippen LogP contribution is 2.26. The fraction of sp³-hybridized carbons (Fsp3) is 0.929. The molecule has 0 aromatic heterocycles. The van der Waals surface area contributed by atoms with Gasteiger partial charge in [0.15, 0.2) is 0 Å². The van der Waals surface area contributed by atoms with Crippen LogP contribution in [-0.4, -0.2) is 62.3 Å². The van der Waals surface area contributed by atoms with Gasteiger partial charge in [-0.05, 0) is 32.6 Å². The number of hydrogen-bond donors (Lipinski definition) is 2. The Kier molecular flexibility index (Phi) is 5.60. The molecular formula is C14H27N3O2. The summed E-state index contributed by atoms with van der Waals surface area (Å²) in [7, 11) is 1.80. The van der Waals surface area contributed by atoms with Gasteiger partial charge in [-0.2, -0.15) is 0 Å². The van der Waals surface area contributed by atoms with Crippen molar-refractivity contribution >= 4 is 5.91 Å². The maximum Gasteiger partial charge on any atom is 0.238 e. The Labute approximate surface area is 116 Å². The molecule has 5 heteroatoms. The molecule has 0 aromatic rings. The molecule has 2 aliphatic rings. The Morgan fingerprint density at radius 3 is 2.74 bits per heavy atom. The van der Waals surface area contributed by atoms with E-state index in [1.165, 1.54) is 0 Å². The van der Waals surface area contributed by atoms with Crippen LogP contribution in [0.15, 0.2) is 0 Å². The van der Waals surface area contributed by atoms with Gasteiger partial charge in [-0.15, -0.1) is 0 Å². The lowest BCUT2D eigenvalue weighted by atomic mass is 9.90. The minimum atomic E-state index is -0.00204. The standard InChI is InChI=1S/C14H27N3O2/c1-3-16-14(18)13-10-15-8-9-17(13)11-4-6-12(19-2)7-5-11/h11-13,15H,3-10H2,1-2H3,(H,16,18). The summed E-state index contributed by atoms with van der Waals surface area (Å²) in [6.07, 6.45) is 4.95. The van der Waals surface area contributed by atoms with Crippen LogP contribution in [0.4, 0.5) is 0 Å². The summed E-state index contributed by atoms with van der Waals surface area (Å²) < 4.78 is 5.43. The maximum atomic E-state index is 12.2. The molecule has 2 fully saturated rings. The van der Waals surface area contributed by atoms with Crippen molar-refractivity contribution in [2.45, 2.75) is 50.8 Å². The lowest BCUT2D eigenvalue weighted by Crippen LogP contribution is -2.61. The Balaban J connectivity index is 1.94. The Morgan fingerprint density at radius 1 is 1.37 bits per heavy atom. The van der Waals surface area contributed by atoms with Gasteiger partial charge in [0.25, 0.3) is 0 Å². The molecule has 19 heavy (non-hydrogen) atoms. The zero-order valence-corrected chi connectivity index (χ0v) is 12.2. The molecular weight excluding hydrogens is 242 g/mol. The van der Waals surface area contributed by atoms with Gasteiger partial charge >= 0.3 is 0 Å². The second kappa shape index (κ2) is 7.22. The van der Waals surface area contributed by atoms with Crippen molar-refractivity contribution in [2.24, 2.45) is 0 Å². The van der Waals surface area contributed by atoms with Gasteiger partial charge < -0.3 is 15.4 Å². The minimum Gasteiger partial charge on any atom is -0.381 e. The summed E-state index contributed by atoms with van der Waals surface area (Å²) >= 11 is 0. The van der Waals surface area contributed by atoms with Crippen LogP contribution in [-0.2, 0) is 9.53 Å². The van der Waals surface area contributed by atoms with Crippen LogP contribution in [0.5, 0.6) is 0 Å². The Bertz CT molecular complexity index is 290. The number of carbonyl (C=O) groups is 1. The highest BCUT2D eigenvalue weighted by molar-refractivity contribution is 5.82. The van der Waals surface area contributed by atoms with Crippen molar-refractivity contribution in [3.63, 3.8) is 0 Å². The molecule has 1 aliphatic carbocycles. The predicted octanol–water partition coefficient (Wildman–Crippen LogP) is 0.354. The molecule has 1 unspecified atom stereocenters. The monoisotopic (exact) mass is 269 g/mol. The molecule has 0 radical (unpaired) electrons.